The largest absolute Gasteiger partial charge is 0.491 e. The van der Waals surface area contributed by atoms with Gasteiger partial charge in [-0.1, -0.05) is 66.7 Å². The zero-order valence-corrected chi connectivity index (χ0v) is 34.0. The Hall–Kier alpha value is -6.49. The van der Waals surface area contributed by atoms with Crippen molar-refractivity contribution < 1.29 is 38.2 Å². The third kappa shape index (κ3) is 13.3. The SMILES string of the molecule is COCCNCC(=O)N(CC(=O)N(CCOc1cc2cccnc2c2ncccc12)CC(=O)N(CC(=O)N(CCOC)CC(N)=O)Cc1ccccc1)Cc1ccccc1. The summed E-state index contributed by atoms with van der Waals surface area (Å²) in [7, 11) is 3.03. The lowest BCUT2D eigenvalue weighted by molar-refractivity contribution is -0.147. The van der Waals surface area contributed by atoms with Crippen molar-refractivity contribution in [2.45, 2.75) is 13.1 Å². The maximum Gasteiger partial charge on any atom is 0.242 e. The van der Waals surface area contributed by atoms with Gasteiger partial charge in [-0.3, -0.25) is 33.9 Å². The fraction of sp³-hybridized carbons (Fsp3) is 0.341. The van der Waals surface area contributed by atoms with Gasteiger partial charge in [-0.2, -0.15) is 0 Å². The molecule has 5 aromatic rings. The van der Waals surface area contributed by atoms with E-state index in [2.05, 4.69) is 15.3 Å². The van der Waals surface area contributed by atoms with Crippen LogP contribution in [0.15, 0.2) is 103 Å². The Morgan fingerprint density at radius 1 is 0.600 bits per heavy atom. The summed E-state index contributed by atoms with van der Waals surface area (Å²) >= 11 is 0. The van der Waals surface area contributed by atoms with Crippen LogP contribution in [0.2, 0.25) is 0 Å². The number of fused-ring (bicyclic) bond motifs is 3. The average molecular weight is 821 g/mol. The quantitative estimate of drug-likeness (QED) is 0.0687. The van der Waals surface area contributed by atoms with Crippen molar-refractivity contribution in [3.8, 4) is 5.75 Å². The molecular formula is C44H52N8O8. The summed E-state index contributed by atoms with van der Waals surface area (Å²) in [6.07, 6.45) is 3.38. The van der Waals surface area contributed by atoms with Gasteiger partial charge in [-0.25, -0.2) is 0 Å². The maximum absolute atomic E-state index is 14.4. The molecule has 16 nitrogen and oxygen atoms in total. The second kappa shape index (κ2) is 23.2. The van der Waals surface area contributed by atoms with Crippen LogP contribution in [0.1, 0.15) is 11.1 Å². The fourth-order valence-electron chi connectivity index (χ4n) is 6.45. The van der Waals surface area contributed by atoms with E-state index < -0.39 is 36.7 Å². The molecular weight excluding hydrogens is 769 g/mol. The molecule has 0 saturated carbocycles. The lowest BCUT2D eigenvalue weighted by Gasteiger charge is -2.31. The van der Waals surface area contributed by atoms with Gasteiger partial charge in [0.25, 0.3) is 0 Å². The Labute approximate surface area is 349 Å². The van der Waals surface area contributed by atoms with Crippen LogP contribution < -0.4 is 15.8 Å². The van der Waals surface area contributed by atoms with Crippen molar-refractivity contribution >= 4 is 51.3 Å². The lowest BCUT2D eigenvalue weighted by atomic mass is 10.1. The highest BCUT2D eigenvalue weighted by Crippen LogP contribution is 2.31. The van der Waals surface area contributed by atoms with E-state index in [1.807, 2.05) is 84.9 Å². The highest BCUT2D eigenvalue weighted by Gasteiger charge is 2.28. The highest BCUT2D eigenvalue weighted by atomic mass is 16.5. The summed E-state index contributed by atoms with van der Waals surface area (Å²) in [6, 6.07) is 27.6. The van der Waals surface area contributed by atoms with Crippen LogP contribution >= 0.6 is 0 Å². The number of carbonyl (C=O) groups excluding carboxylic acids is 5. The minimum absolute atomic E-state index is 0.0268. The summed E-state index contributed by atoms with van der Waals surface area (Å²) < 4.78 is 16.6. The Morgan fingerprint density at radius 3 is 1.75 bits per heavy atom. The van der Waals surface area contributed by atoms with Gasteiger partial charge in [0.1, 0.15) is 31.0 Å². The van der Waals surface area contributed by atoms with E-state index in [1.165, 1.54) is 26.7 Å². The van der Waals surface area contributed by atoms with E-state index in [1.54, 1.807) is 25.6 Å². The number of nitrogens with zero attached hydrogens (tertiary/aromatic N) is 6. The van der Waals surface area contributed by atoms with Gasteiger partial charge in [-0.05, 0) is 35.4 Å². The number of hydrogen-bond acceptors (Lipinski definition) is 11. The van der Waals surface area contributed by atoms with Gasteiger partial charge in [0.15, 0.2) is 0 Å². The third-order valence-electron chi connectivity index (χ3n) is 9.53. The van der Waals surface area contributed by atoms with E-state index >= 15 is 0 Å². The zero-order chi connectivity index (χ0) is 42.7. The highest BCUT2D eigenvalue weighted by molar-refractivity contribution is 6.05. The number of nitrogens with two attached hydrogens (primary N) is 1. The number of primary amides is 1. The zero-order valence-electron chi connectivity index (χ0n) is 34.0. The third-order valence-corrected chi connectivity index (χ3v) is 9.53. The fourth-order valence-corrected chi connectivity index (χ4v) is 6.45. The topological polar surface area (TPSA) is 190 Å². The molecule has 5 amide bonds. The molecule has 0 aliphatic heterocycles. The van der Waals surface area contributed by atoms with Gasteiger partial charge < -0.3 is 44.9 Å². The van der Waals surface area contributed by atoms with E-state index in [-0.39, 0.29) is 64.9 Å². The molecule has 2 heterocycles. The minimum Gasteiger partial charge on any atom is -0.491 e. The predicted octanol–water partition coefficient (Wildman–Crippen LogP) is 2.24. The van der Waals surface area contributed by atoms with E-state index in [0.29, 0.717) is 29.9 Å². The van der Waals surface area contributed by atoms with Crippen LogP contribution in [0.5, 0.6) is 5.75 Å². The number of rotatable bonds is 24. The Kier molecular flexibility index (Phi) is 17.2. The number of aromatic nitrogens is 2. The van der Waals surface area contributed by atoms with Gasteiger partial charge in [-0.15, -0.1) is 0 Å². The first-order valence-corrected chi connectivity index (χ1v) is 19.6. The van der Waals surface area contributed by atoms with Crippen molar-refractivity contribution in [3.63, 3.8) is 0 Å². The molecule has 0 atom stereocenters. The second-order valence-electron chi connectivity index (χ2n) is 13.9. The summed E-state index contributed by atoms with van der Waals surface area (Å²) in [5.74, 6) is -2.10. The van der Waals surface area contributed by atoms with Crippen LogP contribution in [-0.4, -0.2) is 146 Å². The standard InChI is InChI=1S/C44H52N8O8/c1-58-22-19-46-26-39(54)51(27-33-11-5-3-6-12-33)31-41(56)50(21-24-60-37-25-35-15-9-17-47-43(35)44-36(37)16-10-18-48-44)30-42(57)52(28-34-13-7-4-8-14-34)32-40(55)49(20-23-59-2)29-38(45)53/h3-18,25,46H,19-24,26-32H2,1-2H3,(H2,45,53). The summed E-state index contributed by atoms with van der Waals surface area (Å²) in [6.45, 7) is -0.441. The van der Waals surface area contributed by atoms with Crippen molar-refractivity contribution in [2.24, 2.45) is 5.73 Å². The summed E-state index contributed by atoms with van der Waals surface area (Å²) in [5, 5.41) is 4.59. The number of methoxy groups -OCH3 is 2. The lowest BCUT2D eigenvalue weighted by Crippen LogP contribution is -2.51. The van der Waals surface area contributed by atoms with Crippen LogP contribution in [0, 0.1) is 0 Å². The van der Waals surface area contributed by atoms with Crippen LogP contribution in [0.3, 0.4) is 0 Å². The average Bonchev–Trinajstić information content (AvgIpc) is 3.26. The van der Waals surface area contributed by atoms with Crippen molar-refractivity contribution in [1.29, 1.82) is 0 Å². The molecule has 0 fully saturated rings. The molecule has 2 aromatic heterocycles. The molecule has 0 radical (unpaired) electrons. The number of benzene rings is 3. The van der Waals surface area contributed by atoms with E-state index in [4.69, 9.17) is 19.9 Å². The van der Waals surface area contributed by atoms with E-state index in [9.17, 15) is 24.0 Å². The molecule has 0 spiro atoms. The second-order valence-corrected chi connectivity index (χ2v) is 13.9. The molecule has 0 aliphatic carbocycles. The van der Waals surface area contributed by atoms with E-state index in [0.717, 1.165) is 21.9 Å². The molecule has 0 aliphatic rings. The number of pyridine rings is 2. The van der Waals surface area contributed by atoms with Gasteiger partial charge in [0.2, 0.25) is 29.5 Å². The molecule has 3 N–H and O–H groups in total. The molecule has 3 aromatic carbocycles. The van der Waals surface area contributed by atoms with Crippen LogP contribution in [-0.2, 0) is 46.5 Å². The smallest absolute Gasteiger partial charge is 0.242 e. The van der Waals surface area contributed by atoms with Gasteiger partial charge >= 0.3 is 0 Å². The first-order chi connectivity index (χ1) is 29.2. The number of carbonyl (C=O) groups is 5. The van der Waals surface area contributed by atoms with Crippen LogP contribution in [0.25, 0.3) is 21.8 Å². The van der Waals surface area contributed by atoms with Gasteiger partial charge in [0.05, 0.1) is 44.9 Å². The van der Waals surface area contributed by atoms with Crippen molar-refractivity contribution in [2.75, 3.05) is 86.4 Å². The monoisotopic (exact) mass is 820 g/mol. The Bertz CT molecular complexity index is 2190. The molecule has 16 heteroatoms. The number of hydrogen-bond donors (Lipinski definition) is 2. The number of nitrogens with one attached hydrogen (secondary N) is 1. The predicted molar refractivity (Wildman–Crippen MR) is 225 cm³/mol. The molecule has 0 bridgehead atoms. The number of ether oxygens (including phenoxy) is 3. The van der Waals surface area contributed by atoms with Crippen molar-refractivity contribution in [1.82, 2.24) is 34.9 Å². The molecule has 0 unspecified atom stereocenters. The normalized spacial score (nSPS) is 11.0. The molecule has 60 heavy (non-hydrogen) atoms. The van der Waals surface area contributed by atoms with Crippen molar-refractivity contribution in [3.05, 3.63) is 115 Å². The first kappa shape index (κ1) is 44.6. The molecule has 0 saturated heterocycles. The van der Waals surface area contributed by atoms with Gasteiger partial charge in [0, 0.05) is 63.6 Å². The van der Waals surface area contributed by atoms with Crippen LogP contribution in [0.4, 0.5) is 0 Å². The summed E-state index contributed by atoms with van der Waals surface area (Å²) in [5.41, 5.74) is 8.38. The molecule has 316 valence electrons. The first-order valence-electron chi connectivity index (χ1n) is 19.6. The summed E-state index contributed by atoms with van der Waals surface area (Å²) in [4.78, 5) is 82.4. The Morgan fingerprint density at radius 2 is 1.13 bits per heavy atom. The Balaban J connectivity index is 1.43. The maximum atomic E-state index is 14.4. The molecule has 5 rings (SSSR count). The minimum atomic E-state index is -0.716. The number of amides is 5.